The Morgan fingerprint density at radius 2 is 1.76 bits per heavy atom. The SMILES string of the molecule is C=C(/C=C\C(=C)N1CCNCC1)OC(F)(F)F. The zero-order chi connectivity index (χ0) is 12.9. The maximum atomic E-state index is 11.8. The number of allylic oxidation sites excluding steroid dienone is 2. The van der Waals surface area contributed by atoms with E-state index in [1.54, 1.807) is 0 Å². The van der Waals surface area contributed by atoms with Gasteiger partial charge in [-0.25, -0.2) is 0 Å². The molecule has 1 N–H and O–H groups in total. The van der Waals surface area contributed by atoms with Crippen LogP contribution in [-0.4, -0.2) is 37.4 Å². The van der Waals surface area contributed by atoms with Gasteiger partial charge in [0.15, 0.2) is 0 Å². The molecule has 0 aromatic rings. The van der Waals surface area contributed by atoms with E-state index in [1.807, 2.05) is 4.90 Å². The largest absolute Gasteiger partial charge is 0.573 e. The molecule has 0 spiro atoms. The molecule has 1 aliphatic rings. The van der Waals surface area contributed by atoms with E-state index in [0.29, 0.717) is 5.70 Å². The van der Waals surface area contributed by atoms with Crippen molar-refractivity contribution in [3.63, 3.8) is 0 Å². The topological polar surface area (TPSA) is 24.5 Å². The Bertz CT molecular complexity index is 317. The first-order chi connectivity index (χ1) is 7.88. The van der Waals surface area contributed by atoms with Gasteiger partial charge in [-0.1, -0.05) is 13.2 Å². The molecule has 3 nitrogen and oxygen atoms in total. The molecule has 1 rings (SSSR count). The standard InChI is InChI=1S/C11H15F3N2O/c1-9(16-7-5-15-6-8-16)3-4-10(2)17-11(12,13)14/h3-4,15H,1-2,5-8H2/b4-3-. The summed E-state index contributed by atoms with van der Waals surface area (Å²) in [5.41, 5.74) is 0.651. The lowest BCUT2D eigenvalue weighted by Gasteiger charge is -2.29. The third kappa shape index (κ3) is 5.44. The Kier molecular flexibility index (Phi) is 4.62. The molecule has 6 heteroatoms. The number of alkyl halides is 3. The smallest absolute Gasteiger partial charge is 0.406 e. The molecule has 0 amide bonds. The second-order valence-electron chi connectivity index (χ2n) is 3.58. The molecule has 0 atom stereocenters. The summed E-state index contributed by atoms with van der Waals surface area (Å²) in [5.74, 6) is -0.450. The molecular formula is C11H15F3N2O. The van der Waals surface area contributed by atoms with Gasteiger partial charge in [-0.15, -0.1) is 13.2 Å². The van der Waals surface area contributed by atoms with Crippen molar-refractivity contribution < 1.29 is 17.9 Å². The summed E-state index contributed by atoms with van der Waals surface area (Å²) < 4.78 is 39.1. The van der Waals surface area contributed by atoms with E-state index in [0.717, 1.165) is 32.3 Å². The molecule has 0 saturated carbocycles. The summed E-state index contributed by atoms with van der Waals surface area (Å²) in [6.07, 6.45) is -2.06. The van der Waals surface area contributed by atoms with Crippen molar-refractivity contribution in [1.29, 1.82) is 0 Å². The van der Waals surface area contributed by atoms with Gasteiger partial charge in [0, 0.05) is 31.9 Å². The first-order valence-corrected chi connectivity index (χ1v) is 5.16. The third-order valence-electron chi connectivity index (χ3n) is 2.23. The molecule has 1 fully saturated rings. The Labute approximate surface area is 98.2 Å². The number of nitrogens with one attached hydrogen (secondary N) is 1. The van der Waals surface area contributed by atoms with Crippen LogP contribution in [0, 0.1) is 0 Å². The Morgan fingerprint density at radius 3 is 2.29 bits per heavy atom. The van der Waals surface area contributed by atoms with Crippen molar-refractivity contribution in [3.8, 4) is 0 Å². The molecule has 1 aliphatic heterocycles. The van der Waals surface area contributed by atoms with Crippen molar-refractivity contribution >= 4 is 0 Å². The number of piperazine rings is 1. The summed E-state index contributed by atoms with van der Waals surface area (Å²) in [7, 11) is 0. The van der Waals surface area contributed by atoms with Crippen LogP contribution in [0.1, 0.15) is 0 Å². The molecule has 1 saturated heterocycles. The van der Waals surface area contributed by atoms with Gasteiger partial charge < -0.3 is 15.0 Å². The molecule has 1 heterocycles. The van der Waals surface area contributed by atoms with Crippen LogP contribution in [0.25, 0.3) is 0 Å². The van der Waals surface area contributed by atoms with E-state index in [4.69, 9.17) is 0 Å². The number of hydrogen-bond donors (Lipinski definition) is 1. The first-order valence-electron chi connectivity index (χ1n) is 5.16. The number of ether oxygens (including phenoxy) is 1. The number of nitrogens with zero attached hydrogens (tertiary/aromatic N) is 1. The highest BCUT2D eigenvalue weighted by atomic mass is 19.4. The van der Waals surface area contributed by atoms with E-state index >= 15 is 0 Å². The lowest BCUT2D eigenvalue weighted by molar-refractivity contribution is -0.303. The van der Waals surface area contributed by atoms with Crippen LogP contribution < -0.4 is 5.32 Å². The quantitative estimate of drug-likeness (QED) is 0.608. The van der Waals surface area contributed by atoms with Crippen LogP contribution in [0.2, 0.25) is 0 Å². The van der Waals surface area contributed by atoms with Gasteiger partial charge in [0.1, 0.15) is 5.76 Å². The van der Waals surface area contributed by atoms with Crippen LogP contribution in [0.5, 0.6) is 0 Å². The van der Waals surface area contributed by atoms with E-state index in [2.05, 4.69) is 23.2 Å². The average molecular weight is 248 g/mol. The molecule has 0 aliphatic carbocycles. The Morgan fingerprint density at radius 1 is 1.18 bits per heavy atom. The average Bonchev–Trinajstić information content (AvgIpc) is 2.25. The Hall–Kier alpha value is -1.43. The summed E-state index contributed by atoms with van der Waals surface area (Å²) in [6, 6.07) is 0. The minimum atomic E-state index is -4.70. The zero-order valence-electron chi connectivity index (χ0n) is 9.39. The van der Waals surface area contributed by atoms with Gasteiger partial charge in [0.2, 0.25) is 0 Å². The predicted octanol–water partition coefficient (Wildman–Crippen LogP) is 2.01. The minimum Gasteiger partial charge on any atom is -0.406 e. The maximum Gasteiger partial charge on any atom is 0.573 e. The molecule has 0 radical (unpaired) electrons. The van der Waals surface area contributed by atoms with Crippen molar-refractivity contribution in [2.24, 2.45) is 0 Å². The number of hydrogen-bond acceptors (Lipinski definition) is 3. The first kappa shape index (κ1) is 13.6. The van der Waals surface area contributed by atoms with Crippen molar-refractivity contribution in [1.82, 2.24) is 10.2 Å². The van der Waals surface area contributed by atoms with Gasteiger partial charge in [0.05, 0.1) is 0 Å². The second kappa shape index (κ2) is 5.77. The number of rotatable bonds is 4. The maximum absolute atomic E-state index is 11.8. The normalized spacial score (nSPS) is 17.2. The molecular weight excluding hydrogens is 233 g/mol. The highest BCUT2D eigenvalue weighted by molar-refractivity contribution is 5.21. The van der Waals surface area contributed by atoms with Gasteiger partial charge in [-0.2, -0.15) is 0 Å². The van der Waals surface area contributed by atoms with E-state index in [1.165, 1.54) is 6.08 Å². The fraction of sp³-hybridized carbons (Fsp3) is 0.455. The lowest BCUT2D eigenvalue weighted by Crippen LogP contribution is -2.42. The predicted molar refractivity (Wildman–Crippen MR) is 59.0 cm³/mol. The van der Waals surface area contributed by atoms with Crippen molar-refractivity contribution in [2.45, 2.75) is 6.36 Å². The molecule has 0 aromatic heterocycles. The van der Waals surface area contributed by atoms with Crippen molar-refractivity contribution in [3.05, 3.63) is 36.8 Å². The highest BCUT2D eigenvalue weighted by Gasteiger charge is 2.30. The van der Waals surface area contributed by atoms with E-state index in [9.17, 15) is 13.2 Å². The second-order valence-corrected chi connectivity index (χ2v) is 3.58. The van der Waals surface area contributed by atoms with Gasteiger partial charge >= 0.3 is 6.36 Å². The monoisotopic (exact) mass is 248 g/mol. The van der Waals surface area contributed by atoms with Gasteiger partial charge in [-0.05, 0) is 12.2 Å². The zero-order valence-corrected chi connectivity index (χ0v) is 9.39. The van der Waals surface area contributed by atoms with Crippen LogP contribution in [0.15, 0.2) is 36.8 Å². The molecule has 0 bridgehead atoms. The van der Waals surface area contributed by atoms with Crippen LogP contribution in [-0.2, 0) is 4.74 Å². The molecule has 0 aromatic carbocycles. The number of halogens is 3. The summed E-state index contributed by atoms with van der Waals surface area (Å²) in [4.78, 5) is 1.98. The Balaban J connectivity index is 2.41. The highest BCUT2D eigenvalue weighted by Crippen LogP contribution is 2.20. The lowest BCUT2D eigenvalue weighted by atomic mass is 10.3. The minimum absolute atomic E-state index is 0.450. The molecule has 96 valence electrons. The molecule has 0 unspecified atom stereocenters. The summed E-state index contributed by atoms with van der Waals surface area (Å²) in [5, 5.41) is 3.17. The summed E-state index contributed by atoms with van der Waals surface area (Å²) >= 11 is 0. The van der Waals surface area contributed by atoms with Crippen LogP contribution >= 0.6 is 0 Å². The fourth-order valence-electron chi connectivity index (χ4n) is 1.43. The van der Waals surface area contributed by atoms with E-state index < -0.39 is 12.1 Å². The van der Waals surface area contributed by atoms with Gasteiger partial charge in [0.25, 0.3) is 0 Å². The van der Waals surface area contributed by atoms with Crippen LogP contribution in [0.3, 0.4) is 0 Å². The summed E-state index contributed by atoms with van der Waals surface area (Å²) in [6.45, 7) is 10.2. The van der Waals surface area contributed by atoms with Crippen LogP contribution in [0.4, 0.5) is 13.2 Å². The van der Waals surface area contributed by atoms with Gasteiger partial charge in [-0.3, -0.25) is 0 Å². The third-order valence-corrected chi connectivity index (χ3v) is 2.23. The van der Waals surface area contributed by atoms with E-state index in [-0.39, 0.29) is 0 Å². The van der Waals surface area contributed by atoms with Crippen molar-refractivity contribution in [2.75, 3.05) is 26.2 Å². The molecule has 17 heavy (non-hydrogen) atoms. The fourth-order valence-corrected chi connectivity index (χ4v) is 1.43.